The second-order valence-electron chi connectivity index (χ2n) is 7.76. The minimum Gasteiger partial charge on any atom is -0.398 e. The number of hydrogen-bond donors (Lipinski definition) is 3. The monoisotopic (exact) mass is 521 g/mol. The number of nitrogen functional groups attached to an aromatic ring is 1. The third kappa shape index (κ3) is 5.12. The van der Waals surface area contributed by atoms with Gasteiger partial charge in [-0.3, -0.25) is 5.10 Å². The molecule has 0 aliphatic rings. The molecule has 0 radical (unpaired) electrons. The van der Waals surface area contributed by atoms with Crippen molar-refractivity contribution in [2.45, 2.75) is 24.3 Å². The van der Waals surface area contributed by atoms with E-state index in [0.29, 0.717) is 12.1 Å². The number of nitrogens with zero attached hydrogens (tertiary/aromatic N) is 2. The molecule has 0 saturated heterocycles. The topological polar surface area (TPSA) is 104 Å². The zero-order chi connectivity index (χ0) is 24.5. The number of sulfonamides is 1. The fourth-order valence-corrected chi connectivity index (χ4v) is 5.99. The molecular formula is C23H22Cl2FN5O2S. The molecule has 4 N–H and O–H groups in total. The zero-order valence-electron chi connectivity index (χ0n) is 18.1. The number of nitrogens with one attached hydrogen (secondary N) is 2. The highest BCUT2D eigenvalue weighted by Crippen LogP contribution is 2.32. The molecule has 1 heterocycles. The van der Waals surface area contributed by atoms with E-state index in [1.807, 2.05) is 30.0 Å². The Hall–Kier alpha value is -2.85. The molecular weight excluding hydrogens is 500 g/mol. The largest absolute Gasteiger partial charge is 0.398 e. The number of aromatic amines is 1. The highest BCUT2D eigenvalue weighted by molar-refractivity contribution is 7.89. The average molecular weight is 522 g/mol. The van der Waals surface area contributed by atoms with Crippen LogP contribution in [0.2, 0.25) is 10.0 Å². The maximum atomic E-state index is 13.6. The average Bonchev–Trinajstić information content (AvgIpc) is 3.24. The van der Waals surface area contributed by atoms with Crippen LogP contribution in [0, 0.1) is 5.82 Å². The highest BCUT2D eigenvalue weighted by atomic mass is 35.5. The minimum atomic E-state index is -4.06. The molecule has 1 unspecified atom stereocenters. The van der Waals surface area contributed by atoms with Crippen molar-refractivity contribution < 1.29 is 12.8 Å². The van der Waals surface area contributed by atoms with E-state index < -0.39 is 16.1 Å². The van der Waals surface area contributed by atoms with Gasteiger partial charge in [-0.05, 0) is 61.0 Å². The van der Waals surface area contributed by atoms with Crippen LogP contribution < -0.4 is 15.4 Å². The van der Waals surface area contributed by atoms with E-state index in [4.69, 9.17) is 28.9 Å². The van der Waals surface area contributed by atoms with Gasteiger partial charge in [-0.2, -0.15) is 5.10 Å². The predicted molar refractivity (Wildman–Crippen MR) is 135 cm³/mol. The Balaban J connectivity index is 1.68. The summed E-state index contributed by atoms with van der Waals surface area (Å²) in [6.45, 7) is 2.12. The molecule has 0 saturated carbocycles. The number of benzene rings is 3. The first-order valence-electron chi connectivity index (χ1n) is 10.4. The number of halogens is 3. The molecule has 4 aromatic rings. The molecule has 178 valence electrons. The van der Waals surface area contributed by atoms with Gasteiger partial charge in [-0.25, -0.2) is 17.5 Å². The van der Waals surface area contributed by atoms with Gasteiger partial charge < -0.3 is 10.6 Å². The van der Waals surface area contributed by atoms with E-state index in [1.165, 1.54) is 24.3 Å². The maximum Gasteiger partial charge on any atom is 0.244 e. The Kier molecular flexibility index (Phi) is 6.99. The summed E-state index contributed by atoms with van der Waals surface area (Å²) in [6.07, 6.45) is 2.17. The van der Waals surface area contributed by atoms with Crippen molar-refractivity contribution >= 4 is 61.2 Å². The predicted octanol–water partition coefficient (Wildman–Crippen LogP) is 5.49. The van der Waals surface area contributed by atoms with Gasteiger partial charge in [0.05, 0.1) is 22.4 Å². The first-order valence-corrected chi connectivity index (χ1v) is 12.6. The van der Waals surface area contributed by atoms with Gasteiger partial charge in [0.1, 0.15) is 10.7 Å². The first-order chi connectivity index (χ1) is 16.2. The lowest BCUT2D eigenvalue weighted by Gasteiger charge is -2.30. The summed E-state index contributed by atoms with van der Waals surface area (Å²) in [6, 6.07) is 13.9. The molecule has 11 heteroatoms. The van der Waals surface area contributed by atoms with Crippen LogP contribution in [-0.4, -0.2) is 31.2 Å². The van der Waals surface area contributed by atoms with Crippen molar-refractivity contribution in [3.63, 3.8) is 0 Å². The molecule has 0 bridgehead atoms. The summed E-state index contributed by atoms with van der Waals surface area (Å²) < 4.78 is 42.7. The quantitative estimate of drug-likeness (QED) is 0.266. The summed E-state index contributed by atoms with van der Waals surface area (Å²) in [4.78, 5) is 1.69. The lowest BCUT2D eigenvalue weighted by atomic mass is 10.1. The number of nitrogens with two attached hydrogens (primary N) is 1. The third-order valence-corrected chi connectivity index (χ3v) is 7.66. The van der Waals surface area contributed by atoms with Crippen LogP contribution in [0.4, 0.5) is 21.5 Å². The molecule has 4 rings (SSSR count). The van der Waals surface area contributed by atoms with Crippen LogP contribution >= 0.6 is 23.2 Å². The Morgan fingerprint density at radius 2 is 1.82 bits per heavy atom. The van der Waals surface area contributed by atoms with E-state index in [-0.39, 0.29) is 33.0 Å². The van der Waals surface area contributed by atoms with Crippen LogP contribution in [0.5, 0.6) is 0 Å². The number of anilines is 3. The Morgan fingerprint density at radius 1 is 1.12 bits per heavy atom. The van der Waals surface area contributed by atoms with E-state index in [9.17, 15) is 12.8 Å². The van der Waals surface area contributed by atoms with Crippen molar-refractivity contribution in [2.75, 3.05) is 17.2 Å². The molecule has 34 heavy (non-hydrogen) atoms. The first kappa shape index (κ1) is 24.3. The Labute approximate surface area is 206 Å². The van der Waals surface area contributed by atoms with Crippen LogP contribution in [0.25, 0.3) is 10.9 Å². The van der Waals surface area contributed by atoms with Crippen LogP contribution in [0.15, 0.2) is 65.7 Å². The van der Waals surface area contributed by atoms with Gasteiger partial charge in [0.25, 0.3) is 0 Å². The number of fused-ring (bicyclic) bond motifs is 1. The van der Waals surface area contributed by atoms with Gasteiger partial charge in [-0.1, -0.05) is 30.1 Å². The molecule has 1 atom stereocenters. The second kappa shape index (κ2) is 9.79. The summed E-state index contributed by atoms with van der Waals surface area (Å²) >= 11 is 12.1. The Bertz CT molecular complexity index is 1400. The lowest BCUT2D eigenvalue weighted by Crippen LogP contribution is -2.42. The third-order valence-electron chi connectivity index (χ3n) is 5.40. The van der Waals surface area contributed by atoms with E-state index in [2.05, 4.69) is 14.9 Å². The van der Waals surface area contributed by atoms with Crippen LogP contribution in [0.3, 0.4) is 0 Å². The molecule has 0 amide bonds. The van der Waals surface area contributed by atoms with Gasteiger partial charge >= 0.3 is 0 Å². The van der Waals surface area contributed by atoms with Crippen molar-refractivity contribution in [2.24, 2.45) is 0 Å². The lowest BCUT2D eigenvalue weighted by molar-refractivity contribution is 0.541. The molecule has 0 fully saturated rings. The molecule has 0 aliphatic carbocycles. The molecule has 3 aromatic carbocycles. The number of rotatable bonds is 8. The SMILES string of the molecule is CCC(CN(c1ccc(F)cc1)c1ccc2[nH]ncc2c1)NS(=O)(=O)c1c(N)cc(Cl)cc1Cl. The normalized spacial score (nSPS) is 12.7. The Morgan fingerprint density at radius 3 is 2.50 bits per heavy atom. The number of H-pyrrole nitrogens is 1. The van der Waals surface area contributed by atoms with Crippen molar-refractivity contribution in [1.29, 1.82) is 0 Å². The van der Waals surface area contributed by atoms with E-state index >= 15 is 0 Å². The van der Waals surface area contributed by atoms with Crippen molar-refractivity contribution in [3.05, 3.63) is 76.7 Å². The number of hydrogen-bond acceptors (Lipinski definition) is 5. The molecule has 0 aliphatic heterocycles. The molecule has 7 nitrogen and oxygen atoms in total. The highest BCUT2D eigenvalue weighted by Gasteiger charge is 2.26. The van der Waals surface area contributed by atoms with E-state index in [1.54, 1.807) is 18.3 Å². The van der Waals surface area contributed by atoms with Crippen molar-refractivity contribution in [3.8, 4) is 0 Å². The fourth-order valence-electron chi connectivity index (χ4n) is 3.69. The summed E-state index contributed by atoms with van der Waals surface area (Å²) in [5, 5.41) is 8.02. The summed E-state index contributed by atoms with van der Waals surface area (Å²) in [5.74, 6) is -0.366. The molecule has 1 aromatic heterocycles. The fraction of sp³-hybridized carbons (Fsp3) is 0.174. The summed E-state index contributed by atoms with van der Waals surface area (Å²) in [7, 11) is -4.06. The standard InChI is InChI=1S/C23H22Cl2FN5O2S/c1-2-17(30-34(32,33)23-20(25)10-15(24)11-21(23)27)13-31(18-5-3-16(26)4-6-18)19-7-8-22-14(9-19)12-28-29-22/h3-12,17,30H,2,13,27H2,1H3,(H,28,29). The van der Waals surface area contributed by atoms with Crippen molar-refractivity contribution in [1.82, 2.24) is 14.9 Å². The zero-order valence-corrected chi connectivity index (χ0v) is 20.4. The number of aromatic nitrogens is 2. The smallest absolute Gasteiger partial charge is 0.244 e. The van der Waals surface area contributed by atoms with Gasteiger partial charge in [-0.15, -0.1) is 0 Å². The van der Waals surface area contributed by atoms with Gasteiger partial charge in [0.2, 0.25) is 10.0 Å². The second-order valence-corrected chi connectivity index (χ2v) is 10.3. The van der Waals surface area contributed by atoms with Gasteiger partial charge in [0, 0.05) is 34.4 Å². The minimum absolute atomic E-state index is 0.0411. The van der Waals surface area contributed by atoms with Gasteiger partial charge in [0.15, 0.2) is 0 Å². The van der Waals surface area contributed by atoms with Crippen LogP contribution in [-0.2, 0) is 10.0 Å². The van der Waals surface area contributed by atoms with Crippen LogP contribution in [0.1, 0.15) is 13.3 Å². The molecule has 0 spiro atoms. The summed E-state index contributed by atoms with van der Waals surface area (Å²) in [5.41, 5.74) is 8.24. The van der Waals surface area contributed by atoms with E-state index in [0.717, 1.165) is 16.6 Å². The maximum absolute atomic E-state index is 13.6.